The summed E-state index contributed by atoms with van der Waals surface area (Å²) in [4.78, 5) is 21.5. The van der Waals surface area contributed by atoms with Gasteiger partial charge in [-0.05, 0) is 32.3 Å². The Kier molecular flexibility index (Phi) is 7.14. The van der Waals surface area contributed by atoms with Crippen molar-refractivity contribution >= 4 is 11.7 Å². The monoisotopic (exact) mass is 448 g/mol. The number of amides is 1. The van der Waals surface area contributed by atoms with Crippen molar-refractivity contribution in [3.05, 3.63) is 53.2 Å². The number of nitrogens with zero attached hydrogens (tertiary/aromatic N) is 4. The van der Waals surface area contributed by atoms with Crippen LogP contribution in [0.4, 0.5) is 5.82 Å². The normalized spacial score (nSPS) is 19.2. The van der Waals surface area contributed by atoms with Crippen LogP contribution in [0.1, 0.15) is 62.0 Å². The van der Waals surface area contributed by atoms with Gasteiger partial charge in [-0.15, -0.1) is 0 Å². The smallest absolute Gasteiger partial charge is 0.225 e. The summed E-state index contributed by atoms with van der Waals surface area (Å²) in [6.45, 7) is 6.40. The fourth-order valence-electron chi connectivity index (χ4n) is 4.40. The molecule has 7 nitrogen and oxygen atoms in total. The van der Waals surface area contributed by atoms with Gasteiger partial charge < -0.3 is 19.3 Å². The van der Waals surface area contributed by atoms with Crippen molar-refractivity contribution in [1.82, 2.24) is 9.88 Å². The maximum absolute atomic E-state index is 12.5. The van der Waals surface area contributed by atoms with Crippen molar-refractivity contribution in [2.24, 2.45) is 0 Å². The maximum Gasteiger partial charge on any atom is 0.225 e. The first-order chi connectivity index (χ1) is 16.0. The van der Waals surface area contributed by atoms with Gasteiger partial charge in [0.05, 0.1) is 24.3 Å². The Morgan fingerprint density at radius 2 is 2.03 bits per heavy atom. The van der Waals surface area contributed by atoms with E-state index in [1.165, 1.54) is 0 Å². The summed E-state index contributed by atoms with van der Waals surface area (Å²) in [7, 11) is 1.61. The molecule has 2 aromatic rings. The number of hydrogen-bond acceptors (Lipinski definition) is 6. The molecule has 1 saturated heterocycles. The minimum atomic E-state index is -0.135. The molecule has 2 aliphatic rings. The van der Waals surface area contributed by atoms with Gasteiger partial charge in [-0.25, -0.2) is 4.98 Å². The molecule has 33 heavy (non-hydrogen) atoms. The van der Waals surface area contributed by atoms with Crippen LogP contribution in [0.5, 0.6) is 5.75 Å². The summed E-state index contributed by atoms with van der Waals surface area (Å²) >= 11 is 0. The van der Waals surface area contributed by atoms with E-state index in [2.05, 4.69) is 11.0 Å². The third-order valence-electron chi connectivity index (χ3n) is 6.42. The highest BCUT2D eigenvalue weighted by atomic mass is 16.5. The number of nitriles is 1. The molecule has 0 unspecified atom stereocenters. The van der Waals surface area contributed by atoms with Crippen LogP contribution in [-0.4, -0.2) is 55.2 Å². The SMILES string of the molecule is COCCC(=O)N1CCN(c2nc(C3CC3)c(O[C@H](C)c3ccccc3)cc2C#N)C[C@H]1C. The molecular formula is C26H32N4O3. The Hall–Kier alpha value is -3.11. The fourth-order valence-corrected chi connectivity index (χ4v) is 4.40. The van der Waals surface area contributed by atoms with Crippen LogP contribution in [0.15, 0.2) is 36.4 Å². The summed E-state index contributed by atoms with van der Waals surface area (Å²) < 4.78 is 11.4. The van der Waals surface area contributed by atoms with Crippen molar-refractivity contribution < 1.29 is 14.3 Å². The van der Waals surface area contributed by atoms with E-state index in [-0.39, 0.29) is 18.1 Å². The van der Waals surface area contributed by atoms with Crippen LogP contribution in [-0.2, 0) is 9.53 Å². The minimum Gasteiger partial charge on any atom is -0.484 e. The van der Waals surface area contributed by atoms with Gasteiger partial charge in [-0.3, -0.25) is 4.79 Å². The van der Waals surface area contributed by atoms with Gasteiger partial charge in [0, 0.05) is 44.8 Å². The highest BCUT2D eigenvalue weighted by molar-refractivity contribution is 5.77. The van der Waals surface area contributed by atoms with Gasteiger partial charge >= 0.3 is 0 Å². The number of anilines is 1. The second kappa shape index (κ2) is 10.2. The lowest BCUT2D eigenvalue weighted by Gasteiger charge is -2.41. The summed E-state index contributed by atoms with van der Waals surface area (Å²) in [5.74, 6) is 1.89. The number of aromatic nitrogens is 1. The second-order valence-electron chi connectivity index (χ2n) is 8.92. The highest BCUT2D eigenvalue weighted by Gasteiger charge is 2.33. The maximum atomic E-state index is 12.5. The molecule has 0 spiro atoms. The molecule has 2 atom stereocenters. The highest BCUT2D eigenvalue weighted by Crippen LogP contribution is 2.45. The van der Waals surface area contributed by atoms with Crippen LogP contribution < -0.4 is 9.64 Å². The molecule has 0 N–H and O–H groups in total. The summed E-state index contributed by atoms with van der Waals surface area (Å²) in [5.41, 5.74) is 2.55. The third-order valence-corrected chi connectivity index (χ3v) is 6.42. The first-order valence-electron chi connectivity index (χ1n) is 11.7. The number of rotatable bonds is 8. The lowest BCUT2D eigenvalue weighted by Crippen LogP contribution is -2.54. The van der Waals surface area contributed by atoms with E-state index < -0.39 is 0 Å². The number of ether oxygens (including phenoxy) is 2. The molecule has 174 valence electrons. The molecule has 4 rings (SSSR count). The number of pyridine rings is 1. The van der Waals surface area contributed by atoms with Crippen LogP contribution in [0.3, 0.4) is 0 Å². The van der Waals surface area contributed by atoms with Crippen LogP contribution in [0, 0.1) is 11.3 Å². The average Bonchev–Trinajstić information content (AvgIpc) is 3.68. The van der Waals surface area contributed by atoms with Crippen LogP contribution in [0.25, 0.3) is 0 Å². The first kappa shape index (κ1) is 23.1. The van der Waals surface area contributed by atoms with Gasteiger partial charge in [0.1, 0.15) is 23.7 Å². The largest absolute Gasteiger partial charge is 0.484 e. The molecule has 1 saturated carbocycles. The van der Waals surface area contributed by atoms with Crippen molar-refractivity contribution in [2.45, 2.75) is 51.2 Å². The third kappa shape index (κ3) is 5.28. The Labute approximate surface area is 195 Å². The van der Waals surface area contributed by atoms with E-state index in [9.17, 15) is 10.1 Å². The topological polar surface area (TPSA) is 78.7 Å². The van der Waals surface area contributed by atoms with Crippen LogP contribution >= 0.6 is 0 Å². The summed E-state index contributed by atoms with van der Waals surface area (Å²) in [6, 6.07) is 14.3. The Bertz CT molecular complexity index is 1020. The van der Waals surface area contributed by atoms with Crippen molar-refractivity contribution in [3.63, 3.8) is 0 Å². The number of hydrogen-bond donors (Lipinski definition) is 0. The molecule has 1 aliphatic heterocycles. The summed E-state index contributed by atoms with van der Waals surface area (Å²) in [6.07, 6.45) is 2.43. The molecule has 1 amide bonds. The Morgan fingerprint density at radius 1 is 1.27 bits per heavy atom. The summed E-state index contributed by atoms with van der Waals surface area (Å²) in [5, 5.41) is 9.92. The Balaban J connectivity index is 1.55. The zero-order valence-corrected chi connectivity index (χ0v) is 19.7. The van der Waals surface area contributed by atoms with Crippen molar-refractivity contribution in [3.8, 4) is 11.8 Å². The van der Waals surface area contributed by atoms with Gasteiger partial charge in [0.15, 0.2) is 0 Å². The van der Waals surface area contributed by atoms with Gasteiger partial charge in [-0.2, -0.15) is 5.26 Å². The van der Waals surface area contributed by atoms with E-state index in [1.807, 2.05) is 55.1 Å². The molecule has 2 fully saturated rings. The zero-order chi connectivity index (χ0) is 23.4. The molecule has 1 aromatic heterocycles. The average molecular weight is 449 g/mol. The van der Waals surface area contributed by atoms with E-state index in [4.69, 9.17) is 14.5 Å². The van der Waals surface area contributed by atoms with Gasteiger partial charge in [0.2, 0.25) is 5.91 Å². The zero-order valence-electron chi connectivity index (χ0n) is 19.7. The van der Waals surface area contributed by atoms with Crippen LogP contribution in [0.2, 0.25) is 0 Å². The quantitative estimate of drug-likeness (QED) is 0.606. The second-order valence-corrected chi connectivity index (χ2v) is 8.92. The van der Waals surface area contributed by atoms with E-state index in [0.717, 1.165) is 24.1 Å². The molecule has 1 aliphatic carbocycles. The van der Waals surface area contributed by atoms with E-state index in [1.54, 1.807) is 7.11 Å². The lowest BCUT2D eigenvalue weighted by atomic mass is 10.1. The molecule has 0 bridgehead atoms. The van der Waals surface area contributed by atoms with Crippen molar-refractivity contribution in [2.75, 3.05) is 38.3 Å². The standard InChI is InChI=1S/C26H32N4O3/c1-18-17-29(12-13-30(18)24(31)11-14-32-3)26-22(16-27)15-23(25(28-26)21-9-10-21)33-19(2)20-7-5-4-6-8-20/h4-8,15,18-19,21H,9-14,17H2,1-3H3/t18-,19-/m1/s1. The van der Waals surface area contributed by atoms with E-state index >= 15 is 0 Å². The molecule has 0 radical (unpaired) electrons. The first-order valence-corrected chi connectivity index (χ1v) is 11.7. The van der Waals surface area contributed by atoms with Crippen molar-refractivity contribution in [1.29, 1.82) is 5.26 Å². The number of methoxy groups -OCH3 is 1. The van der Waals surface area contributed by atoms with Gasteiger partial charge in [0.25, 0.3) is 0 Å². The molecule has 1 aromatic carbocycles. The molecule has 2 heterocycles. The molecule has 7 heteroatoms. The number of carbonyl (C=O) groups is 1. The Morgan fingerprint density at radius 3 is 2.67 bits per heavy atom. The lowest BCUT2D eigenvalue weighted by molar-refractivity contribution is -0.134. The number of carbonyl (C=O) groups excluding carboxylic acids is 1. The fraction of sp³-hybridized carbons (Fsp3) is 0.500. The number of benzene rings is 1. The predicted molar refractivity (Wildman–Crippen MR) is 126 cm³/mol. The van der Waals surface area contributed by atoms with E-state index in [0.29, 0.717) is 55.7 Å². The van der Waals surface area contributed by atoms with Gasteiger partial charge in [-0.1, -0.05) is 30.3 Å². The minimum absolute atomic E-state index is 0.0369. The number of piperazine rings is 1. The predicted octanol–water partition coefficient (Wildman–Crippen LogP) is 4.04. The molecular weight excluding hydrogens is 416 g/mol.